The molecule has 0 bridgehead atoms. The number of halogens is 1. The zero-order valence-corrected chi connectivity index (χ0v) is 11.8. The number of aromatic amines is 1. The minimum atomic E-state index is -0.501. The molecule has 1 N–H and O–H groups in total. The van der Waals surface area contributed by atoms with Gasteiger partial charge in [0, 0.05) is 43.2 Å². The molecule has 0 aliphatic carbocycles. The molecule has 0 unspecified atom stereocenters. The first-order valence-corrected chi connectivity index (χ1v) is 6.58. The molecule has 0 fully saturated rings. The molecule has 3 aromatic rings. The van der Waals surface area contributed by atoms with E-state index in [9.17, 15) is 4.39 Å². The third-order valence-electron chi connectivity index (χ3n) is 3.29. The molecule has 0 radical (unpaired) electrons. The van der Waals surface area contributed by atoms with Crippen molar-refractivity contribution in [1.29, 1.82) is 0 Å². The van der Waals surface area contributed by atoms with Gasteiger partial charge in [0.15, 0.2) is 0 Å². The highest BCUT2D eigenvalue weighted by atomic mass is 19.1. The van der Waals surface area contributed by atoms with Gasteiger partial charge < -0.3 is 4.90 Å². The van der Waals surface area contributed by atoms with Crippen molar-refractivity contribution < 1.29 is 4.39 Å². The molecule has 0 aliphatic heterocycles. The standard InChI is InChI=1S/C16H15FN4/c1-21(2)13-5-3-11(4-6-13)14-10-15(20-19-14)12-7-8-18-16(17)9-12/h3-10H,1-2H3,(H,19,20). The maximum atomic E-state index is 13.2. The van der Waals surface area contributed by atoms with Crippen LogP contribution in [0.5, 0.6) is 0 Å². The minimum Gasteiger partial charge on any atom is -0.378 e. The summed E-state index contributed by atoms with van der Waals surface area (Å²) in [7, 11) is 4.00. The van der Waals surface area contributed by atoms with Crippen molar-refractivity contribution in [3.8, 4) is 22.5 Å². The number of hydrogen-bond acceptors (Lipinski definition) is 3. The highest BCUT2D eigenvalue weighted by molar-refractivity contribution is 5.69. The summed E-state index contributed by atoms with van der Waals surface area (Å²) in [5, 5.41) is 7.22. The fourth-order valence-electron chi connectivity index (χ4n) is 2.12. The number of nitrogens with one attached hydrogen (secondary N) is 1. The number of rotatable bonds is 3. The fraction of sp³-hybridized carbons (Fsp3) is 0.125. The van der Waals surface area contributed by atoms with Gasteiger partial charge in [-0.05, 0) is 24.3 Å². The highest BCUT2D eigenvalue weighted by Gasteiger charge is 2.07. The quantitative estimate of drug-likeness (QED) is 0.749. The molecule has 0 spiro atoms. The highest BCUT2D eigenvalue weighted by Crippen LogP contribution is 2.25. The van der Waals surface area contributed by atoms with Crippen molar-refractivity contribution in [2.24, 2.45) is 0 Å². The predicted molar refractivity (Wildman–Crippen MR) is 81.5 cm³/mol. The van der Waals surface area contributed by atoms with Gasteiger partial charge in [0.1, 0.15) is 0 Å². The van der Waals surface area contributed by atoms with Crippen LogP contribution >= 0.6 is 0 Å². The van der Waals surface area contributed by atoms with E-state index in [1.807, 2.05) is 49.3 Å². The third-order valence-corrected chi connectivity index (χ3v) is 3.29. The minimum absolute atomic E-state index is 0.501. The van der Waals surface area contributed by atoms with Gasteiger partial charge in [0.05, 0.1) is 11.4 Å². The number of hydrogen-bond donors (Lipinski definition) is 1. The molecule has 106 valence electrons. The van der Waals surface area contributed by atoms with Crippen LogP contribution in [0.15, 0.2) is 48.7 Å². The fourth-order valence-corrected chi connectivity index (χ4v) is 2.12. The molecule has 0 saturated carbocycles. The van der Waals surface area contributed by atoms with Crippen LogP contribution in [0.4, 0.5) is 10.1 Å². The average molecular weight is 282 g/mol. The van der Waals surface area contributed by atoms with Crippen LogP contribution in [0.2, 0.25) is 0 Å². The average Bonchev–Trinajstić information content (AvgIpc) is 2.97. The summed E-state index contributed by atoms with van der Waals surface area (Å²) >= 11 is 0. The summed E-state index contributed by atoms with van der Waals surface area (Å²) < 4.78 is 13.2. The van der Waals surface area contributed by atoms with Gasteiger partial charge in [0.25, 0.3) is 0 Å². The van der Waals surface area contributed by atoms with Crippen LogP contribution in [0.1, 0.15) is 0 Å². The lowest BCUT2D eigenvalue weighted by atomic mass is 10.1. The molecule has 0 amide bonds. The van der Waals surface area contributed by atoms with Gasteiger partial charge in [-0.2, -0.15) is 9.49 Å². The molecule has 4 nitrogen and oxygen atoms in total. The number of aromatic nitrogens is 3. The number of benzene rings is 1. The van der Waals surface area contributed by atoms with E-state index in [1.54, 1.807) is 6.07 Å². The van der Waals surface area contributed by atoms with Gasteiger partial charge in [-0.3, -0.25) is 5.10 Å². The molecule has 5 heteroatoms. The largest absolute Gasteiger partial charge is 0.378 e. The molecule has 0 saturated heterocycles. The first-order chi connectivity index (χ1) is 10.1. The summed E-state index contributed by atoms with van der Waals surface area (Å²) in [5.74, 6) is -0.501. The predicted octanol–water partition coefficient (Wildman–Crippen LogP) is 3.34. The van der Waals surface area contributed by atoms with Crippen LogP contribution in [0.3, 0.4) is 0 Å². The second-order valence-corrected chi connectivity index (χ2v) is 4.98. The summed E-state index contributed by atoms with van der Waals surface area (Å²) in [6.07, 6.45) is 1.44. The van der Waals surface area contributed by atoms with Crippen molar-refractivity contribution in [1.82, 2.24) is 15.2 Å². The number of H-pyrrole nitrogens is 1. The van der Waals surface area contributed by atoms with E-state index >= 15 is 0 Å². The van der Waals surface area contributed by atoms with Crippen LogP contribution in [0, 0.1) is 5.95 Å². The Morgan fingerprint density at radius 3 is 2.43 bits per heavy atom. The van der Waals surface area contributed by atoms with Crippen molar-refractivity contribution in [2.75, 3.05) is 19.0 Å². The molecule has 2 heterocycles. The van der Waals surface area contributed by atoms with E-state index in [2.05, 4.69) is 15.2 Å². The van der Waals surface area contributed by atoms with E-state index in [-0.39, 0.29) is 0 Å². The summed E-state index contributed by atoms with van der Waals surface area (Å²) in [4.78, 5) is 5.59. The Morgan fingerprint density at radius 1 is 1.00 bits per heavy atom. The van der Waals surface area contributed by atoms with Gasteiger partial charge in [0.2, 0.25) is 5.95 Å². The Bertz CT molecular complexity index is 747. The van der Waals surface area contributed by atoms with Gasteiger partial charge in [-0.1, -0.05) is 12.1 Å². The Morgan fingerprint density at radius 2 is 1.76 bits per heavy atom. The zero-order valence-electron chi connectivity index (χ0n) is 11.8. The molecule has 0 aliphatic rings. The molecule has 21 heavy (non-hydrogen) atoms. The molecule has 0 atom stereocenters. The normalized spacial score (nSPS) is 10.6. The van der Waals surface area contributed by atoms with E-state index in [4.69, 9.17) is 0 Å². The first-order valence-electron chi connectivity index (χ1n) is 6.58. The summed E-state index contributed by atoms with van der Waals surface area (Å²) in [6.45, 7) is 0. The van der Waals surface area contributed by atoms with E-state index in [0.29, 0.717) is 0 Å². The van der Waals surface area contributed by atoms with Crippen molar-refractivity contribution in [2.45, 2.75) is 0 Å². The molecular weight excluding hydrogens is 267 g/mol. The van der Waals surface area contributed by atoms with Crippen LogP contribution in [-0.4, -0.2) is 29.3 Å². The zero-order chi connectivity index (χ0) is 14.8. The summed E-state index contributed by atoms with van der Waals surface area (Å²) in [6, 6.07) is 13.1. The van der Waals surface area contributed by atoms with Gasteiger partial charge in [-0.25, -0.2) is 4.98 Å². The SMILES string of the molecule is CN(C)c1ccc(-c2cc(-c3ccnc(F)c3)[nH]n2)cc1. The number of nitrogens with zero attached hydrogens (tertiary/aromatic N) is 3. The Kier molecular flexibility index (Phi) is 3.39. The Balaban J connectivity index is 1.91. The topological polar surface area (TPSA) is 44.8 Å². The molecule has 2 aromatic heterocycles. The van der Waals surface area contributed by atoms with E-state index in [1.165, 1.54) is 12.3 Å². The van der Waals surface area contributed by atoms with E-state index in [0.717, 1.165) is 28.2 Å². The maximum Gasteiger partial charge on any atom is 0.213 e. The van der Waals surface area contributed by atoms with Gasteiger partial charge in [-0.15, -0.1) is 0 Å². The van der Waals surface area contributed by atoms with Crippen molar-refractivity contribution >= 4 is 5.69 Å². The van der Waals surface area contributed by atoms with E-state index < -0.39 is 5.95 Å². The second kappa shape index (κ2) is 5.36. The Labute approximate surface area is 122 Å². The number of anilines is 1. The van der Waals surface area contributed by atoms with Crippen molar-refractivity contribution in [3.63, 3.8) is 0 Å². The smallest absolute Gasteiger partial charge is 0.213 e. The first kappa shape index (κ1) is 13.3. The lowest BCUT2D eigenvalue weighted by Crippen LogP contribution is -2.07. The van der Waals surface area contributed by atoms with Crippen LogP contribution < -0.4 is 4.90 Å². The molecule has 3 rings (SSSR count). The lowest BCUT2D eigenvalue weighted by molar-refractivity contribution is 0.584. The number of pyridine rings is 1. The van der Waals surface area contributed by atoms with Crippen molar-refractivity contribution in [3.05, 3.63) is 54.6 Å². The lowest BCUT2D eigenvalue weighted by Gasteiger charge is -2.11. The Hall–Kier alpha value is -2.69. The molecule has 1 aromatic carbocycles. The van der Waals surface area contributed by atoms with Crippen LogP contribution in [-0.2, 0) is 0 Å². The van der Waals surface area contributed by atoms with Gasteiger partial charge >= 0.3 is 0 Å². The monoisotopic (exact) mass is 282 g/mol. The second-order valence-electron chi connectivity index (χ2n) is 4.98. The summed E-state index contributed by atoms with van der Waals surface area (Å²) in [5.41, 5.74) is 4.46. The third kappa shape index (κ3) is 2.76. The maximum absolute atomic E-state index is 13.2. The van der Waals surface area contributed by atoms with Crippen LogP contribution in [0.25, 0.3) is 22.5 Å². The molecular formula is C16H15FN4.